The number of aryl methyl sites for hydroxylation is 1. The van der Waals surface area contributed by atoms with Gasteiger partial charge in [-0.3, -0.25) is 4.68 Å². The van der Waals surface area contributed by atoms with Crippen molar-refractivity contribution in [2.75, 3.05) is 20.1 Å². The Morgan fingerprint density at radius 3 is 2.72 bits per heavy atom. The Hall–Kier alpha value is -0.920. The number of rotatable bonds is 4. The molecule has 1 aromatic heterocycles. The number of likely N-dealkylation sites (N-methyl/N-ethyl adjacent to an activating group) is 1. The average molecular weight is 272 g/mol. The Morgan fingerprint density at radius 1 is 1.50 bits per heavy atom. The summed E-state index contributed by atoms with van der Waals surface area (Å²) in [4.78, 5) is 2.37. The molecule has 2 rings (SSSR count). The number of sulfonamides is 1. The van der Waals surface area contributed by atoms with Crippen LogP contribution in [0, 0.1) is 5.92 Å². The number of aromatic nitrogens is 2. The zero-order valence-electron chi connectivity index (χ0n) is 11.0. The summed E-state index contributed by atoms with van der Waals surface area (Å²) in [7, 11) is -1.45. The number of nitrogens with one attached hydrogen (secondary N) is 1. The molecule has 6 nitrogen and oxygen atoms in total. The summed E-state index contributed by atoms with van der Waals surface area (Å²) in [5.41, 5.74) is 0. The monoisotopic (exact) mass is 272 g/mol. The summed E-state index contributed by atoms with van der Waals surface area (Å²) in [5, 5.41) is 4.00. The highest BCUT2D eigenvalue weighted by molar-refractivity contribution is 7.89. The van der Waals surface area contributed by atoms with Gasteiger partial charge in [0.15, 0.2) is 0 Å². The lowest BCUT2D eigenvalue weighted by atomic mass is 10.1. The number of hydrogen-bond acceptors (Lipinski definition) is 4. The van der Waals surface area contributed by atoms with E-state index >= 15 is 0 Å². The quantitative estimate of drug-likeness (QED) is 0.846. The van der Waals surface area contributed by atoms with E-state index in [0.29, 0.717) is 12.5 Å². The van der Waals surface area contributed by atoms with E-state index in [1.165, 1.54) is 6.20 Å². The van der Waals surface area contributed by atoms with Gasteiger partial charge in [-0.15, -0.1) is 0 Å². The lowest BCUT2D eigenvalue weighted by Gasteiger charge is -2.15. The van der Waals surface area contributed by atoms with E-state index in [1.54, 1.807) is 10.9 Å². The Bertz CT molecular complexity index is 511. The first-order chi connectivity index (χ1) is 8.42. The Labute approximate surface area is 108 Å². The Kier molecular flexibility index (Phi) is 3.74. The summed E-state index contributed by atoms with van der Waals surface area (Å²) in [6, 6.07) is -0.0232. The molecule has 0 amide bonds. The van der Waals surface area contributed by atoms with Crippen LogP contribution in [0.5, 0.6) is 0 Å². The van der Waals surface area contributed by atoms with Crippen LogP contribution in [0.15, 0.2) is 17.3 Å². The van der Waals surface area contributed by atoms with E-state index < -0.39 is 10.0 Å². The Balaban J connectivity index is 2.12. The minimum atomic E-state index is -3.45. The van der Waals surface area contributed by atoms with Gasteiger partial charge in [-0.05, 0) is 19.9 Å². The molecule has 1 aliphatic rings. The molecule has 1 aliphatic heterocycles. The molecule has 0 saturated carbocycles. The van der Waals surface area contributed by atoms with Gasteiger partial charge in [0.2, 0.25) is 10.0 Å². The fourth-order valence-corrected chi connectivity index (χ4v) is 3.57. The van der Waals surface area contributed by atoms with Crippen LogP contribution < -0.4 is 4.72 Å². The van der Waals surface area contributed by atoms with Crippen molar-refractivity contribution < 1.29 is 8.42 Å². The highest BCUT2D eigenvalue weighted by Gasteiger charge is 2.31. The molecule has 2 atom stereocenters. The third-order valence-electron chi connectivity index (χ3n) is 3.35. The standard InChI is InChI=1S/C11H20N4O2S/c1-4-15-7-10(5-12-15)18(16,17)13-11-8-14(3)6-9(11)2/h5,7,9,11,13H,4,6,8H2,1-3H3/t9-,11-/m1/s1. The maximum atomic E-state index is 12.2. The van der Waals surface area contributed by atoms with Crippen molar-refractivity contribution >= 4 is 10.0 Å². The van der Waals surface area contributed by atoms with Crippen molar-refractivity contribution in [3.05, 3.63) is 12.4 Å². The zero-order valence-corrected chi connectivity index (χ0v) is 11.8. The topological polar surface area (TPSA) is 67.2 Å². The predicted octanol–water partition coefficient (Wildman–Crippen LogP) is 0.131. The van der Waals surface area contributed by atoms with Crippen LogP contribution >= 0.6 is 0 Å². The molecule has 1 N–H and O–H groups in total. The smallest absolute Gasteiger partial charge is 0.243 e. The van der Waals surface area contributed by atoms with Crippen molar-refractivity contribution in [1.29, 1.82) is 0 Å². The second-order valence-electron chi connectivity index (χ2n) is 4.96. The molecular weight excluding hydrogens is 252 g/mol. The highest BCUT2D eigenvalue weighted by atomic mass is 32.2. The number of likely N-dealkylation sites (tertiary alicyclic amines) is 1. The van der Waals surface area contributed by atoms with E-state index in [-0.39, 0.29) is 10.9 Å². The SMILES string of the molecule is CCn1cc(S(=O)(=O)N[C@@H]2CN(C)C[C@H]2C)cn1. The molecule has 0 spiro atoms. The maximum Gasteiger partial charge on any atom is 0.243 e. The predicted molar refractivity (Wildman–Crippen MR) is 68.7 cm³/mol. The fourth-order valence-electron chi connectivity index (χ4n) is 2.29. The molecule has 0 bridgehead atoms. The first kappa shape index (κ1) is 13.5. The van der Waals surface area contributed by atoms with Crippen LogP contribution in [0.4, 0.5) is 0 Å². The molecule has 2 heterocycles. The lowest BCUT2D eigenvalue weighted by Crippen LogP contribution is -2.39. The van der Waals surface area contributed by atoms with Crippen LogP contribution in [0.2, 0.25) is 0 Å². The lowest BCUT2D eigenvalue weighted by molar-refractivity contribution is 0.400. The molecule has 0 unspecified atom stereocenters. The van der Waals surface area contributed by atoms with Crippen LogP contribution in [-0.2, 0) is 16.6 Å². The number of hydrogen-bond donors (Lipinski definition) is 1. The molecule has 1 aromatic rings. The highest BCUT2D eigenvalue weighted by Crippen LogP contribution is 2.17. The maximum absolute atomic E-state index is 12.2. The van der Waals surface area contributed by atoms with Crippen molar-refractivity contribution in [1.82, 2.24) is 19.4 Å². The van der Waals surface area contributed by atoms with Gasteiger partial charge in [0.25, 0.3) is 0 Å². The molecule has 0 aliphatic carbocycles. The average Bonchev–Trinajstić information content (AvgIpc) is 2.86. The second kappa shape index (κ2) is 4.99. The Morgan fingerprint density at radius 2 is 2.22 bits per heavy atom. The summed E-state index contributed by atoms with van der Waals surface area (Å²) in [5.74, 6) is 0.325. The molecule has 0 radical (unpaired) electrons. The fraction of sp³-hybridized carbons (Fsp3) is 0.727. The second-order valence-corrected chi connectivity index (χ2v) is 6.67. The van der Waals surface area contributed by atoms with Gasteiger partial charge in [-0.1, -0.05) is 6.92 Å². The molecule has 7 heteroatoms. The van der Waals surface area contributed by atoms with Gasteiger partial charge in [-0.2, -0.15) is 5.10 Å². The van der Waals surface area contributed by atoms with E-state index in [0.717, 1.165) is 13.1 Å². The largest absolute Gasteiger partial charge is 0.304 e. The molecule has 18 heavy (non-hydrogen) atoms. The van der Waals surface area contributed by atoms with E-state index in [4.69, 9.17) is 0 Å². The summed E-state index contributed by atoms with van der Waals surface area (Å²) >= 11 is 0. The third-order valence-corrected chi connectivity index (χ3v) is 4.79. The first-order valence-electron chi connectivity index (χ1n) is 6.15. The molecule has 102 valence electrons. The normalized spacial score (nSPS) is 25.7. The first-order valence-corrected chi connectivity index (χ1v) is 7.64. The van der Waals surface area contributed by atoms with Crippen molar-refractivity contribution in [3.8, 4) is 0 Å². The molecule has 0 aromatic carbocycles. The van der Waals surface area contributed by atoms with Crippen LogP contribution in [0.25, 0.3) is 0 Å². The van der Waals surface area contributed by atoms with Gasteiger partial charge in [-0.25, -0.2) is 13.1 Å². The van der Waals surface area contributed by atoms with E-state index in [1.807, 2.05) is 14.0 Å². The zero-order chi connectivity index (χ0) is 13.3. The number of nitrogens with zero attached hydrogens (tertiary/aromatic N) is 3. The van der Waals surface area contributed by atoms with Crippen LogP contribution in [0.1, 0.15) is 13.8 Å². The van der Waals surface area contributed by atoms with Gasteiger partial charge < -0.3 is 4.90 Å². The minimum Gasteiger partial charge on any atom is -0.304 e. The molecular formula is C11H20N4O2S. The summed E-state index contributed by atoms with van der Waals surface area (Å²) < 4.78 is 28.7. The third kappa shape index (κ3) is 2.73. The van der Waals surface area contributed by atoms with E-state index in [9.17, 15) is 8.42 Å². The summed E-state index contributed by atoms with van der Waals surface area (Å²) in [6.45, 7) is 6.32. The van der Waals surface area contributed by atoms with Crippen molar-refractivity contribution in [3.63, 3.8) is 0 Å². The summed E-state index contributed by atoms with van der Waals surface area (Å²) in [6.07, 6.45) is 2.96. The van der Waals surface area contributed by atoms with Gasteiger partial charge in [0, 0.05) is 31.9 Å². The van der Waals surface area contributed by atoms with Crippen LogP contribution in [-0.4, -0.2) is 49.3 Å². The van der Waals surface area contributed by atoms with Crippen LogP contribution in [0.3, 0.4) is 0 Å². The van der Waals surface area contributed by atoms with E-state index in [2.05, 4.69) is 21.6 Å². The molecule has 1 fully saturated rings. The van der Waals surface area contributed by atoms with Gasteiger partial charge in [0.05, 0.1) is 6.20 Å². The van der Waals surface area contributed by atoms with Gasteiger partial charge in [0.1, 0.15) is 4.90 Å². The molecule has 1 saturated heterocycles. The van der Waals surface area contributed by atoms with Crippen molar-refractivity contribution in [2.24, 2.45) is 5.92 Å². The van der Waals surface area contributed by atoms with Crippen molar-refractivity contribution in [2.45, 2.75) is 31.3 Å². The minimum absolute atomic E-state index is 0.0232. The van der Waals surface area contributed by atoms with Gasteiger partial charge >= 0.3 is 0 Å².